The Morgan fingerprint density at radius 2 is 1.73 bits per heavy atom. The van der Waals surface area contributed by atoms with Crippen molar-refractivity contribution in [1.82, 2.24) is 14.1 Å². The fraction of sp³-hybridized carbons (Fsp3) is 0.320. The molecule has 12 heteroatoms. The molecule has 0 saturated carbocycles. The number of benzene rings is 2. The fourth-order valence-electron chi connectivity index (χ4n) is 4.58. The molecule has 1 unspecified atom stereocenters. The highest BCUT2D eigenvalue weighted by Gasteiger charge is 2.38. The molecule has 1 aromatic heterocycles. The van der Waals surface area contributed by atoms with Crippen molar-refractivity contribution in [3.05, 3.63) is 64.7 Å². The standard InChI is InChI=1S/C25H25ClN4O5S2/c26-19-7-6-18-12-23(36-21(18)13-19)37(34,35)29-10-11-30(20(15-29)14-22(31)32)25(33)17-4-2-16(3-5-17)24(27)28-8-1-9-28/h2-7,12-13,20,27H,1,8-11,14-15H2,(H,31,32). The predicted octanol–water partition coefficient (Wildman–Crippen LogP) is 3.58. The number of piperazine rings is 1. The fourth-order valence-corrected chi connectivity index (χ4v) is 7.88. The van der Waals surface area contributed by atoms with Crippen molar-refractivity contribution in [2.24, 2.45) is 0 Å². The Morgan fingerprint density at radius 1 is 1.03 bits per heavy atom. The number of amidine groups is 1. The first-order valence-corrected chi connectivity index (χ1v) is 14.4. The summed E-state index contributed by atoms with van der Waals surface area (Å²) in [6.45, 7) is 1.69. The normalized spacial score (nSPS) is 18.6. The monoisotopic (exact) mass is 560 g/mol. The summed E-state index contributed by atoms with van der Waals surface area (Å²) in [5, 5.41) is 19.0. The van der Waals surface area contributed by atoms with Crippen molar-refractivity contribution in [2.45, 2.75) is 23.1 Å². The van der Waals surface area contributed by atoms with Gasteiger partial charge < -0.3 is 14.9 Å². The SMILES string of the molecule is N=C(c1ccc(C(=O)N2CCN(S(=O)(=O)c3cc4ccc(Cl)cc4s3)CC2CC(=O)O)cc1)N1CCC1. The van der Waals surface area contributed by atoms with Crippen LogP contribution in [0.4, 0.5) is 0 Å². The van der Waals surface area contributed by atoms with Gasteiger partial charge in [0.25, 0.3) is 15.9 Å². The molecule has 2 fully saturated rings. The lowest BCUT2D eigenvalue weighted by Crippen LogP contribution is -2.57. The van der Waals surface area contributed by atoms with Gasteiger partial charge in [-0.1, -0.05) is 29.8 Å². The number of likely N-dealkylation sites (tertiary alicyclic amines) is 1. The third-order valence-corrected chi connectivity index (χ3v) is 10.4. The molecule has 0 spiro atoms. The van der Waals surface area contributed by atoms with Crippen LogP contribution < -0.4 is 0 Å². The van der Waals surface area contributed by atoms with Gasteiger partial charge in [0.05, 0.1) is 12.5 Å². The van der Waals surface area contributed by atoms with E-state index in [2.05, 4.69) is 0 Å². The van der Waals surface area contributed by atoms with Crippen LogP contribution in [-0.2, 0) is 14.8 Å². The number of hydrogen-bond acceptors (Lipinski definition) is 6. The summed E-state index contributed by atoms with van der Waals surface area (Å²) in [6.07, 6.45) is 0.681. The summed E-state index contributed by atoms with van der Waals surface area (Å²) in [6, 6.07) is 12.6. The highest BCUT2D eigenvalue weighted by molar-refractivity contribution is 7.91. The smallest absolute Gasteiger partial charge is 0.305 e. The predicted molar refractivity (Wildman–Crippen MR) is 142 cm³/mol. The van der Waals surface area contributed by atoms with Crippen LogP contribution in [0.25, 0.3) is 10.1 Å². The molecule has 2 aliphatic rings. The minimum Gasteiger partial charge on any atom is -0.481 e. The summed E-state index contributed by atoms with van der Waals surface area (Å²) in [4.78, 5) is 28.4. The number of thiophene rings is 1. The number of nitrogens with one attached hydrogen (secondary N) is 1. The van der Waals surface area contributed by atoms with Gasteiger partial charge in [-0.3, -0.25) is 15.0 Å². The van der Waals surface area contributed by atoms with Crippen LogP contribution >= 0.6 is 22.9 Å². The molecular formula is C25H25ClN4O5S2. The van der Waals surface area contributed by atoms with Crippen LogP contribution in [-0.4, -0.2) is 84.1 Å². The van der Waals surface area contributed by atoms with Gasteiger partial charge >= 0.3 is 5.97 Å². The van der Waals surface area contributed by atoms with E-state index in [1.807, 2.05) is 4.90 Å². The van der Waals surface area contributed by atoms with Crippen molar-refractivity contribution in [2.75, 3.05) is 32.7 Å². The van der Waals surface area contributed by atoms with Gasteiger partial charge in [0.2, 0.25) is 0 Å². The number of carbonyl (C=O) groups is 2. The Bertz CT molecular complexity index is 1480. The van der Waals surface area contributed by atoms with Gasteiger partial charge in [-0.05, 0) is 42.1 Å². The maximum Gasteiger partial charge on any atom is 0.305 e. The Morgan fingerprint density at radius 3 is 2.38 bits per heavy atom. The second-order valence-electron chi connectivity index (χ2n) is 9.13. The molecule has 2 saturated heterocycles. The van der Waals surface area contributed by atoms with E-state index < -0.39 is 22.0 Å². The van der Waals surface area contributed by atoms with Crippen molar-refractivity contribution >= 4 is 60.8 Å². The number of rotatable bonds is 6. The summed E-state index contributed by atoms with van der Waals surface area (Å²) >= 11 is 7.15. The summed E-state index contributed by atoms with van der Waals surface area (Å²) in [5.41, 5.74) is 1.08. The molecule has 9 nitrogen and oxygen atoms in total. The lowest BCUT2D eigenvalue weighted by atomic mass is 10.0. The first kappa shape index (κ1) is 25.7. The number of nitrogens with zero attached hydrogens (tertiary/aromatic N) is 3. The van der Waals surface area contributed by atoms with Crippen molar-refractivity contribution in [3.8, 4) is 0 Å². The van der Waals surface area contributed by atoms with Crippen LogP contribution in [0, 0.1) is 5.41 Å². The zero-order chi connectivity index (χ0) is 26.3. The molecule has 2 N–H and O–H groups in total. The van der Waals surface area contributed by atoms with Crippen LogP contribution in [0.1, 0.15) is 28.8 Å². The summed E-state index contributed by atoms with van der Waals surface area (Å²) in [7, 11) is -3.89. The van der Waals surface area contributed by atoms with E-state index >= 15 is 0 Å². The second-order valence-corrected chi connectivity index (χ2v) is 12.8. The van der Waals surface area contributed by atoms with Crippen LogP contribution in [0.2, 0.25) is 5.02 Å². The quantitative estimate of drug-likeness (QED) is 0.351. The topological polar surface area (TPSA) is 122 Å². The van der Waals surface area contributed by atoms with Gasteiger partial charge in [0.15, 0.2) is 0 Å². The molecule has 5 rings (SSSR count). The molecule has 37 heavy (non-hydrogen) atoms. The third kappa shape index (κ3) is 5.08. The number of hydrogen-bond donors (Lipinski definition) is 2. The van der Waals surface area contributed by atoms with E-state index in [4.69, 9.17) is 17.0 Å². The van der Waals surface area contributed by atoms with E-state index in [9.17, 15) is 23.1 Å². The summed E-state index contributed by atoms with van der Waals surface area (Å²) in [5.74, 6) is -1.06. The maximum absolute atomic E-state index is 13.4. The number of aliphatic carboxylic acids is 1. The zero-order valence-electron chi connectivity index (χ0n) is 19.8. The average molecular weight is 561 g/mol. The molecule has 1 amide bonds. The number of amides is 1. The van der Waals surface area contributed by atoms with E-state index in [0.717, 1.165) is 40.9 Å². The van der Waals surface area contributed by atoms with Gasteiger partial charge in [-0.2, -0.15) is 4.31 Å². The Hall–Kier alpha value is -2.99. The van der Waals surface area contributed by atoms with Gasteiger partial charge in [0.1, 0.15) is 10.0 Å². The lowest BCUT2D eigenvalue weighted by molar-refractivity contribution is -0.138. The number of halogens is 1. The van der Waals surface area contributed by atoms with Crippen LogP contribution in [0.15, 0.2) is 52.7 Å². The van der Waals surface area contributed by atoms with E-state index in [-0.39, 0.29) is 36.2 Å². The minimum atomic E-state index is -3.89. The summed E-state index contributed by atoms with van der Waals surface area (Å²) < 4.78 is 29.0. The number of carbonyl (C=O) groups excluding carboxylic acids is 1. The largest absolute Gasteiger partial charge is 0.481 e. The van der Waals surface area contributed by atoms with Crippen molar-refractivity contribution in [3.63, 3.8) is 0 Å². The third-order valence-electron chi connectivity index (χ3n) is 6.75. The maximum atomic E-state index is 13.4. The van der Waals surface area contributed by atoms with Crippen molar-refractivity contribution < 1.29 is 23.1 Å². The molecule has 1 atom stereocenters. The van der Waals surface area contributed by atoms with E-state index in [1.54, 1.807) is 48.5 Å². The Balaban J connectivity index is 1.35. The molecule has 0 radical (unpaired) electrons. The molecule has 0 aliphatic carbocycles. The van der Waals surface area contributed by atoms with Gasteiger partial charge in [0, 0.05) is 53.6 Å². The Labute approximate surface area is 223 Å². The van der Waals surface area contributed by atoms with E-state index in [0.29, 0.717) is 22.0 Å². The number of carboxylic acids is 1. The first-order valence-electron chi connectivity index (χ1n) is 11.8. The second kappa shape index (κ2) is 10.1. The highest BCUT2D eigenvalue weighted by Crippen LogP contribution is 2.33. The average Bonchev–Trinajstić information content (AvgIpc) is 3.26. The number of sulfonamides is 1. The first-order chi connectivity index (χ1) is 17.6. The van der Waals surface area contributed by atoms with Crippen LogP contribution in [0.5, 0.6) is 0 Å². The molecule has 3 aromatic rings. The Kier molecular flexibility index (Phi) is 6.97. The number of carboxylic acid groups (broad SMARTS) is 1. The lowest BCUT2D eigenvalue weighted by Gasteiger charge is -2.40. The molecule has 194 valence electrons. The number of fused-ring (bicyclic) bond motifs is 1. The van der Waals surface area contributed by atoms with E-state index in [1.165, 1.54) is 9.21 Å². The minimum absolute atomic E-state index is 0.0525. The highest BCUT2D eigenvalue weighted by atomic mass is 35.5. The molecular weight excluding hydrogens is 536 g/mol. The van der Waals surface area contributed by atoms with Crippen LogP contribution in [0.3, 0.4) is 0 Å². The molecule has 3 heterocycles. The van der Waals surface area contributed by atoms with Crippen molar-refractivity contribution in [1.29, 1.82) is 5.41 Å². The molecule has 2 aliphatic heterocycles. The molecule has 0 bridgehead atoms. The zero-order valence-corrected chi connectivity index (χ0v) is 22.2. The van der Waals surface area contributed by atoms with Gasteiger partial charge in [-0.15, -0.1) is 11.3 Å². The molecule has 2 aromatic carbocycles. The van der Waals surface area contributed by atoms with Gasteiger partial charge in [-0.25, -0.2) is 8.42 Å².